The molecule has 0 unspecified atom stereocenters. The lowest BCUT2D eigenvalue weighted by atomic mass is 9.81. The van der Waals surface area contributed by atoms with E-state index >= 15 is 0 Å². The maximum atomic E-state index is 13.2. The summed E-state index contributed by atoms with van der Waals surface area (Å²) in [7, 11) is -3.86. The molecule has 0 aromatic heterocycles. The van der Waals surface area contributed by atoms with Gasteiger partial charge in [0.1, 0.15) is 5.75 Å². The standard InChI is InChI=1S/C18H16ClNO4S/c1-18-10-14(13-9-11(19)7-8-15(13)24-18)16(17(21)20-18)25(22,23)12-5-3-2-4-6-12/h2-9,14,16H,10H2,1H3,(H,20,21)/t14-,16-,18-/m0/s1. The Bertz CT molecular complexity index is 960. The van der Waals surface area contributed by atoms with Crippen LogP contribution in [0.3, 0.4) is 0 Å². The van der Waals surface area contributed by atoms with Crippen LogP contribution in [0, 0.1) is 0 Å². The van der Waals surface area contributed by atoms with Gasteiger partial charge in [-0.3, -0.25) is 4.79 Å². The van der Waals surface area contributed by atoms with Crippen LogP contribution in [0.4, 0.5) is 0 Å². The van der Waals surface area contributed by atoms with E-state index in [9.17, 15) is 13.2 Å². The zero-order chi connectivity index (χ0) is 17.8. The van der Waals surface area contributed by atoms with Gasteiger partial charge in [0.25, 0.3) is 0 Å². The van der Waals surface area contributed by atoms with E-state index in [0.717, 1.165) is 0 Å². The number of fused-ring (bicyclic) bond motifs is 4. The van der Waals surface area contributed by atoms with Gasteiger partial charge in [-0.05, 0) is 37.3 Å². The van der Waals surface area contributed by atoms with Crippen LogP contribution in [0.25, 0.3) is 0 Å². The number of amides is 1. The summed E-state index contributed by atoms with van der Waals surface area (Å²) in [4.78, 5) is 12.9. The minimum Gasteiger partial charge on any atom is -0.468 e. The van der Waals surface area contributed by atoms with Crippen LogP contribution in [0.15, 0.2) is 53.4 Å². The summed E-state index contributed by atoms with van der Waals surface area (Å²) in [6, 6.07) is 13.1. The Morgan fingerprint density at radius 1 is 1.20 bits per heavy atom. The van der Waals surface area contributed by atoms with Crippen LogP contribution < -0.4 is 10.1 Å². The summed E-state index contributed by atoms with van der Waals surface area (Å²) < 4.78 is 32.2. The smallest absolute Gasteiger partial charge is 0.242 e. The first-order chi connectivity index (χ1) is 11.8. The van der Waals surface area contributed by atoms with Gasteiger partial charge in [-0.2, -0.15) is 0 Å². The first-order valence-electron chi connectivity index (χ1n) is 7.90. The maximum absolute atomic E-state index is 13.2. The number of piperidine rings is 1. The van der Waals surface area contributed by atoms with Crippen LogP contribution in [0.5, 0.6) is 5.75 Å². The average Bonchev–Trinajstić information content (AvgIpc) is 2.55. The van der Waals surface area contributed by atoms with Crippen molar-refractivity contribution in [3.8, 4) is 5.75 Å². The van der Waals surface area contributed by atoms with Gasteiger partial charge in [0.05, 0.1) is 4.90 Å². The van der Waals surface area contributed by atoms with Gasteiger partial charge >= 0.3 is 0 Å². The molecule has 5 nitrogen and oxygen atoms in total. The Balaban J connectivity index is 1.88. The number of hydrogen-bond donors (Lipinski definition) is 1. The largest absolute Gasteiger partial charge is 0.468 e. The third-order valence-electron chi connectivity index (χ3n) is 4.73. The quantitative estimate of drug-likeness (QED) is 0.873. The maximum Gasteiger partial charge on any atom is 0.242 e. The fourth-order valence-electron chi connectivity index (χ4n) is 3.69. The molecule has 1 saturated heterocycles. The van der Waals surface area contributed by atoms with Crippen molar-refractivity contribution in [1.29, 1.82) is 0 Å². The number of nitrogens with one attached hydrogen (secondary N) is 1. The Labute approximate surface area is 150 Å². The number of rotatable bonds is 2. The lowest BCUT2D eigenvalue weighted by molar-refractivity contribution is -0.132. The first-order valence-corrected chi connectivity index (χ1v) is 9.82. The van der Waals surface area contributed by atoms with Crippen molar-refractivity contribution in [2.24, 2.45) is 0 Å². The molecule has 2 bridgehead atoms. The molecule has 0 spiro atoms. The highest BCUT2D eigenvalue weighted by Crippen LogP contribution is 2.47. The van der Waals surface area contributed by atoms with Crippen LogP contribution >= 0.6 is 11.6 Å². The molecule has 0 radical (unpaired) electrons. The van der Waals surface area contributed by atoms with Crippen molar-refractivity contribution in [1.82, 2.24) is 5.32 Å². The summed E-state index contributed by atoms with van der Waals surface area (Å²) in [5.74, 6) is -0.518. The molecular weight excluding hydrogens is 362 g/mol. The van der Waals surface area contributed by atoms with Crippen molar-refractivity contribution in [2.45, 2.75) is 35.1 Å². The zero-order valence-corrected chi connectivity index (χ0v) is 15.0. The monoisotopic (exact) mass is 377 g/mol. The van der Waals surface area contributed by atoms with Crippen molar-refractivity contribution in [2.75, 3.05) is 0 Å². The van der Waals surface area contributed by atoms with E-state index in [4.69, 9.17) is 16.3 Å². The molecule has 130 valence electrons. The summed E-state index contributed by atoms with van der Waals surface area (Å²) in [5, 5.41) is 1.99. The molecule has 25 heavy (non-hydrogen) atoms. The number of ether oxygens (including phenoxy) is 1. The Hall–Kier alpha value is -2.05. The molecule has 3 atom stereocenters. The highest BCUT2D eigenvalue weighted by atomic mass is 35.5. The van der Waals surface area contributed by atoms with E-state index in [-0.39, 0.29) is 4.90 Å². The third-order valence-corrected chi connectivity index (χ3v) is 7.11. The Morgan fingerprint density at radius 3 is 2.64 bits per heavy atom. The second-order valence-corrected chi connectivity index (χ2v) is 9.10. The summed E-state index contributed by atoms with van der Waals surface area (Å²) in [6.45, 7) is 1.75. The highest BCUT2D eigenvalue weighted by Gasteiger charge is 2.54. The van der Waals surface area contributed by atoms with Crippen LogP contribution in [-0.4, -0.2) is 25.3 Å². The minimum atomic E-state index is -3.86. The fourth-order valence-corrected chi connectivity index (χ4v) is 5.72. The molecule has 2 aliphatic rings. The number of halogens is 1. The molecule has 7 heteroatoms. The molecule has 0 aliphatic carbocycles. The van der Waals surface area contributed by atoms with E-state index in [0.29, 0.717) is 22.8 Å². The average molecular weight is 378 g/mol. The highest BCUT2D eigenvalue weighted by molar-refractivity contribution is 7.92. The van der Waals surface area contributed by atoms with E-state index in [2.05, 4.69) is 5.32 Å². The van der Waals surface area contributed by atoms with Crippen molar-refractivity contribution in [3.63, 3.8) is 0 Å². The zero-order valence-electron chi connectivity index (χ0n) is 13.4. The number of sulfone groups is 1. The van der Waals surface area contributed by atoms with Crippen LogP contribution in [-0.2, 0) is 14.6 Å². The van der Waals surface area contributed by atoms with Gasteiger partial charge < -0.3 is 10.1 Å². The second-order valence-electron chi connectivity index (χ2n) is 6.59. The number of benzene rings is 2. The van der Waals surface area contributed by atoms with Crippen LogP contribution in [0.2, 0.25) is 5.02 Å². The molecule has 4 rings (SSSR count). The van der Waals surface area contributed by atoms with Gasteiger partial charge in [0.15, 0.2) is 20.8 Å². The molecule has 1 amide bonds. The molecule has 2 aromatic carbocycles. The van der Waals surface area contributed by atoms with E-state index < -0.39 is 32.6 Å². The van der Waals surface area contributed by atoms with E-state index in [1.165, 1.54) is 12.1 Å². The number of carbonyl (C=O) groups is 1. The Kier molecular flexibility index (Phi) is 3.60. The second kappa shape index (κ2) is 5.47. The molecule has 2 aromatic rings. The van der Waals surface area contributed by atoms with Gasteiger partial charge in [-0.1, -0.05) is 29.8 Å². The number of carbonyl (C=O) groups excluding carboxylic acids is 1. The van der Waals surface area contributed by atoms with Gasteiger partial charge in [-0.15, -0.1) is 0 Å². The van der Waals surface area contributed by atoms with Gasteiger partial charge in [-0.25, -0.2) is 8.42 Å². The SMILES string of the molecule is C[C@@]12C[C@@H](c3cc(Cl)ccc3O1)[C@H](S(=O)(=O)c1ccccc1)C(=O)N2. The summed E-state index contributed by atoms with van der Waals surface area (Å²) in [6.07, 6.45) is 0.364. The van der Waals surface area contributed by atoms with Gasteiger partial charge in [0, 0.05) is 22.9 Å². The molecule has 1 fully saturated rings. The van der Waals surface area contributed by atoms with Crippen molar-refractivity contribution < 1.29 is 17.9 Å². The van der Waals surface area contributed by atoms with Crippen molar-refractivity contribution in [3.05, 3.63) is 59.1 Å². The summed E-state index contributed by atoms with van der Waals surface area (Å²) >= 11 is 6.10. The van der Waals surface area contributed by atoms with E-state index in [1.54, 1.807) is 43.3 Å². The molecule has 1 N–H and O–H groups in total. The topological polar surface area (TPSA) is 72.5 Å². The first kappa shape index (κ1) is 16.4. The number of hydrogen-bond acceptors (Lipinski definition) is 4. The molecule has 0 saturated carbocycles. The predicted molar refractivity (Wildman–Crippen MR) is 93.4 cm³/mol. The van der Waals surface area contributed by atoms with Crippen molar-refractivity contribution >= 4 is 27.3 Å². The Morgan fingerprint density at radius 2 is 1.92 bits per heavy atom. The normalized spacial score (nSPS) is 27.8. The van der Waals surface area contributed by atoms with Gasteiger partial charge in [0.2, 0.25) is 5.91 Å². The fraction of sp³-hybridized carbons (Fsp3) is 0.278. The minimum absolute atomic E-state index is 0.133. The van der Waals surface area contributed by atoms with Crippen LogP contribution in [0.1, 0.15) is 24.8 Å². The lowest BCUT2D eigenvalue weighted by Crippen LogP contribution is -2.63. The molecular formula is C18H16ClNO4S. The molecule has 2 aliphatic heterocycles. The predicted octanol–water partition coefficient (Wildman–Crippen LogP) is 2.89. The van der Waals surface area contributed by atoms with E-state index in [1.807, 2.05) is 0 Å². The summed E-state index contributed by atoms with van der Waals surface area (Å²) in [5.41, 5.74) is -0.269. The lowest BCUT2D eigenvalue weighted by Gasteiger charge is -2.46. The molecule has 2 heterocycles. The third kappa shape index (κ3) is 2.60.